The second-order valence-electron chi connectivity index (χ2n) is 4.66. The van der Waals surface area contributed by atoms with Gasteiger partial charge >= 0.3 is 5.92 Å². The van der Waals surface area contributed by atoms with Gasteiger partial charge < -0.3 is 0 Å². The first-order valence-corrected chi connectivity index (χ1v) is 6.43. The summed E-state index contributed by atoms with van der Waals surface area (Å²) in [4.78, 5) is 15.9. The van der Waals surface area contributed by atoms with E-state index in [9.17, 15) is 13.6 Å². The van der Waals surface area contributed by atoms with Crippen LogP contribution in [-0.2, 0) is 5.92 Å². The van der Waals surface area contributed by atoms with E-state index in [0.29, 0.717) is 5.52 Å². The average molecular weight is 283 g/mol. The number of carbonyl (C=O) groups is 1. The van der Waals surface area contributed by atoms with E-state index < -0.39 is 17.4 Å². The third-order valence-electron chi connectivity index (χ3n) is 3.24. The summed E-state index contributed by atoms with van der Waals surface area (Å²) >= 11 is 0. The fraction of sp³-hybridized carbons (Fsp3) is 0.0588. The number of ketones is 1. The normalized spacial score (nSPS) is 11.5. The average Bonchev–Trinajstić information content (AvgIpc) is 2.54. The number of benzene rings is 2. The molecule has 0 bridgehead atoms. The number of Topliss-reactive ketones (excluding diaryl/α,β-unsaturated/α-hetero) is 1. The van der Waals surface area contributed by atoms with Crippen LogP contribution in [0.5, 0.6) is 0 Å². The largest absolute Gasteiger partial charge is 0.351 e. The summed E-state index contributed by atoms with van der Waals surface area (Å²) in [7, 11) is 0. The first kappa shape index (κ1) is 13.4. The van der Waals surface area contributed by atoms with E-state index in [4.69, 9.17) is 0 Å². The predicted octanol–water partition coefficient (Wildman–Crippen LogP) is 4.21. The molecule has 0 atom stereocenters. The number of rotatable bonds is 3. The molecule has 1 aromatic heterocycles. The van der Waals surface area contributed by atoms with Gasteiger partial charge in [0.05, 0.1) is 5.52 Å². The van der Waals surface area contributed by atoms with Crippen LogP contribution in [0.15, 0.2) is 66.7 Å². The van der Waals surface area contributed by atoms with E-state index in [1.165, 1.54) is 18.2 Å². The zero-order valence-electron chi connectivity index (χ0n) is 11.0. The number of pyridine rings is 1. The fourth-order valence-corrected chi connectivity index (χ4v) is 2.13. The van der Waals surface area contributed by atoms with Gasteiger partial charge in [0.1, 0.15) is 5.69 Å². The highest BCUT2D eigenvalue weighted by Crippen LogP contribution is 2.31. The minimum absolute atomic E-state index is 0.0301. The summed E-state index contributed by atoms with van der Waals surface area (Å²) in [5, 5.41) is 0.754. The van der Waals surface area contributed by atoms with Crippen molar-refractivity contribution in [3.05, 3.63) is 78.0 Å². The minimum atomic E-state index is -3.65. The fourth-order valence-electron chi connectivity index (χ4n) is 2.13. The lowest BCUT2D eigenvalue weighted by molar-refractivity contribution is 0.00487. The molecule has 0 N–H and O–H groups in total. The SMILES string of the molecule is O=C(c1ccccc1)C(F)(F)c1ccc2ccccc2n1. The third kappa shape index (κ3) is 2.40. The summed E-state index contributed by atoms with van der Waals surface area (Å²) in [5.41, 5.74) is -0.122. The predicted molar refractivity (Wildman–Crippen MR) is 76.4 cm³/mol. The van der Waals surface area contributed by atoms with Gasteiger partial charge in [-0.3, -0.25) is 4.79 Å². The highest BCUT2D eigenvalue weighted by Gasteiger charge is 2.42. The van der Waals surface area contributed by atoms with Gasteiger partial charge in [-0.25, -0.2) is 4.98 Å². The van der Waals surface area contributed by atoms with E-state index >= 15 is 0 Å². The summed E-state index contributed by atoms with van der Waals surface area (Å²) < 4.78 is 28.7. The van der Waals surface area contributed by atoms with Crippen LogP contribution >= 0.6 is 0 Å². The van der Waals surface area contributed by atoms with Gasteiger partial charge in [-0.05, 0) is 12.1 Å². The van der Waals surface area contributed by atoms with Crippen LogP contribution in [0.4, 0.5) is 8.78 Å². The Balaban J connectivity index is 2.05. The molecule has 2 nitrogen and oxygen atoms in total. The van der Waals surface area contributed by atoms with Crippen LogP contribution in [-0.4, -0.2) is 10.8 Å². The molecule has 0 amide bonds. The van der Waals surface area contributed by atoms with Gasteiger partial charge in [-0.15, -0.1) is 0 Å². The molecular formula is C17H11F2NO. The van der Waals surface area contributed by atoms with Crippen molar-refractivity contribution in [2.24, 2.45) is 0 Å². The van der Waals surface area contributed by atoms with Crippen molar-refractivity contribution in [3.63, 3.8) is 0 Å². The molecule has 1 heterocycles. The highest BCUT2D eigenvalue weighted by molar-refractivity contribution is 6.01. The number of halogens is 2. The zero-order chi connectivity index (χ0) is 14.9. The summed E-state index contributed by atoms with van der Waals surface area (Å²) in [6, 6.07) is 17.2. The molecule has 21 heavy (non-hydrogen) atoms. The lowest BCUT2D eigenvalue weighted by Crippen LogP contribution is -2.27. The van der Waals surface area contributed by atoms with Crippen LogP contribution in [0.1, 0.15) is 16.1 Å². The second-order valence-corrected chi connectivity index (χ2v) is 4.66. The molecule has 0 saturated carbocycles. The Hall–Kier alpha value is -2.62. The maximum absolute atomic E-state index is 14.4. The topological polar surface area (TPSA) is 30.0 Å². The standard InChI is InChI=1S/C17H11F2NO/c18-17(19,16(21)13-7-2-1-3-8-13)15-11-10-12-6-4-5-9-14(12)20-15/h1-11H. The summed E-state index contributed by atoms with van der Waals surface area (Å²) in [5.74, 6) is -4.89. The van der Waals surface area contributed by atoms with Crippen LogP contribution in [0, 0.1) is 0 Å². The monoisotopic (exact) mass is 283 g/mol. The molecule has 0 saturated heterocycles. The minimum Gasteiger partial charge on any atom is -0.287 e. The van der Waals surface area contributed by atoms with Crippen molar-refractivity contribution in [2.75, 3.05) is 0 Å². The van der Waals surface area contributed by atoms with Gasteiger partial charge in [-0.1, -0.05) is 54.6 Å². The number of hydrogen-bond donors (Lipinski definition) is 0. The molecule has 0 aliphatic heterocycles. The van der Waals surface area contributed by atoms with Crippen molar-refractivity contribution in [3.8, 4) is 0 Å². The molecule has 3 rings (SSSR count). The number of para-hydroxylation sites is 1. The van der Waals surface area contributed by atoms with Gasteiger partial charge in [0.2, 0.25) is 5.78 Å². The maximum atomic E-state index is 14.4. The number of hydrogen-bond acceptors (Lipinski definition) is 2. The summed E-state index contributed by atoms with van der Waals surface area (Å²) in [6.45, 7) is 0. The van der Waals surface area contributed by atoms with Crippen LogP contribution in [0.25, 0.3) is 10.9 Å². The molecule has 2 aromatic carbocycles. The first-order valence-electron chi connectivity index (χ1n) is 6.43. The Morgan fingerprint density at radius 2 is 1.52 bits per heavy atom. The molecule has 0 aliphatic carbocycles. The number of alkyl halides is 2. The van der Waals surface area contributed by atoms with Gasteiger partial charge in [0, 0.05) is 10.9 Å². The quantitative estimate of drug-likeness (QED) is 0.674. The van der Waals surface area contributed by atoms with E-state index in [1.807, 2.05) is 0 Å². The smallest absolute Gasteiger partial charge is 0.287 e. The zero-order valence-corrected chi connectivity index (χ0v) is 11.0. The molecule has 0 aliphatic rings. The molecule has 0 fully saturated rings. The number of nitrogens with zero attached hydrogens (tertiary/aromatic N) is 1. The Morgan fingerprint density at radius 3 is 2.29 bits per heavy atom. The number of fused-ring (bicyclic) bond motifs is 1. The lowest BCUT2D eigenvalue weighted by Gasteiger charge is -2.15. The van der Waals surface area contributed by atoms with Crippen LogP contribution in [0.3, 0.4) is 0 Å². The number of carbonyl (C=O) groups excluding carboxylic acids is 1. The molecular weight excluding hydrogens is 272 g/mol. The first-order chi connectivity index (χ1) is 10.1. The van der Waals surface area contributed by atoms with Crippen molar-refractivity contribution >= 4 is 16.7 Å². The van der Waals surface area contributed by atoms with E-state index in [2.05, 4.69) is 4.98 Å². The third-order valence-corrected chi connectivity index (χ3v) is 3.24. The second kappa shape index (κ2) is 5.05. The molecule has 3 aromatic rings. The van der Waals surface area contributed by atoms with E-state index in [1.54, 1.807) is 48.5 Å². The van der Waals surface area contributed by atoms with Crippen molar-refractivity contribution in [1.82, 2.24) is 4.98 Å². The highest BCUT2D eigenvalue weighted by atomic mass is 19.3. The summed E-state index contributed by atoms with van der Waals surface area (Å²) in [6.07, 6.45) is 0. The molecule has 0 unspecified atom stereocenters. The number of aromatic nitrogens is 1. The molecule has 4 heteroatoms. The van der Waals surface area contributed by atoms with Crippen molar-refractivity contribution < 1.29 is 13.6 Å². The van der Waals surface area contributed by atoms with Gasteiger partial charge in [-0.2, -0.15) is 8.78 Å². The molecule has 0 radical (unpaired) electrons. The maximum Gasteiger partial charge on any atom is 0.351 e. The van der Waals surface area contributed by atoms with Crippen molar-refractivity contribution in [1.29, 1.82) is 0 Å². The van der Waals surface area contributed by atoms with Gasteiger partial charge in [0.15, 0.2) is 0 Å². The van der Waals surface area contributed by atoms with Crippen molar-refractivity contribution in [2.45, 2.75) is 5.92 Å². The van der Waals surface area contributed by atoms with E-state index in [0.717, 1.165) is 5.39 Å². The molecule has 104 valence electrons. The van der Waals surface area contributed by atoms with Crippen LogP contribution < -0.4 is 0 Å². The molecule has 0 spiro atoms. The lowest BCUT2D eigenvalue weighted by atomic mass is 10.0. The Bertz CT molecular complexity index is 800. The Labute approximate surface area is 120 Å². The Morgan fingerprint density at radius 1 is 0.857 bits per heavy atom. The Kier molecular flexibility index (Phi) is 3.22. The van der Waals surface area contributed by atoms with Crippen LogP contribution in [0.2, 0.25) is 0 Å². The van der Waals surface area contributed by atoms with E-state index in [-0.39, 0.29) is 5.56 Å². The van der Waals surface area contributed by atoms with Gasteiger partial charge in [0.25, 0.3) is 0 Å².